The average Bonchev–Trinajstić information content (AvgIpc) is 2.87. The zero-order valence-corrected chi connectivity index (χ0v) is 18.3. The van der Waals surface area contributed by atoms with E-state index in [4.69, 9.17) is 9.72 Å². The van der Waals surface area contributed by atoms with Crippen LogP contribution in [0.2, 0.25) is 0 Å². The van der Waals surface area contributed by atoms with E-state index in [9.17, 15) is 0 Å². The van der Waals surface area contributed by atoms with Gasteiger partial charge in [-0.2, -0.15) is 0 Å². The first-order valence-electron chi connectivity index (χ1n) is 11.2. The van der Waals surface area contributed by atoms with Crippen LogP contribution in [0.3, 0.4) is 0 Å². The Hall–Kier alpha value is -3.28. The maximum Gasteiger partial charge on any atom is 0.123 e. The van der Waals surface area contributed by atoms with Crippen LogP contribution in [0.5, 0.6) is 5.75 Å². The number of rotatable bonds is 6. The molecule has 5 rings (SSSR count). The summed E-state index contributed by atoms with van der Waals surface area (Å²) in [5, 5.41) is 7.48. The summed E-state index contributed by atoms with van der Waals surface area (Å²) >= 11 is 0. The number of fused-ring (bicyclic) bond motifs is 1. The monoisotopic (exact) mass is 424 g/mol. The van der Waals surface area contributed by atoms with Crippen molar-refractivity contribution in [2.24, 2.45) is 0 Å². The van der Waals surface area contributed by atoms with Gasteiger partial charge in [0.15, 0.2) is 0 Å². The van der Waals surface area contributed by atoms with Crippen molar-refractivity contribution in [2.75, 3.05) is 13.7 Å². The number of methoxy groups -OCH3 is 1. The molecule has 3 aromatic carbocycles. The first-order chi connectivity index (χ1) is 15.8. The molecule has 5 nitrogen and oxygen atoms in total. The number of hydrogen-bond donors (Lipinski definition) is 2. The van der Waals surface area contributed by atoms with Crippen molar-refractivity contribution in [3.63, 3.8) is 0 Å². The van der Waals surface area contributed by atoms with Crippen LogP contribution in [0.4, 0.5) is 0 Å². The van der Waals surface area contributed by atoms with Gasteiger partial charge in [0.1, 0.15) is 5.75 Å². The molecule has 2 atom stereocenters. The van der Waals surface area contributed by atoms with E-state index in [1.807, 2.05) is 36.5 Å². The Balaban J connectivity index is 1.39. The summed E-state index contributed by atoms with van der Waals surface area (Å²) in [7, 11) is 1.73. The van der Waals surface area contributed by atoms with Gasteiger partial charge in [0.2, 0.25) is 0 Å². The summed E-state index contributed by atoms with van der Waals surface area (Å²) in [5.74, 6) is 0.884. The van der Waals surface area contributed by atoms with Gasteiger partial charge in [-0.15, -0.1) is 0 Å². The van der Waals surface area contributed by atoms with Gasteiger partial charge in [0.05, 0.1) is 30.0 Å². The Morgan fingerprint density at radius 1 is 1.00 bits per heavy atom. The van der Waals surface area contributed by atoms with Gasteiger partial charge in [-0.1, -0.05) is 42.5 Å². The van der Waals surface area contributed by atoms with E-state index in [-0.39, 0.29) is 0 Å². The van der Waals surface area contributed by atoms with Crippen LogP contribution < -0.4 is 15.4 Å². The van der Waals surface area contributed by atoms with Gasteiger partial charge in [0, 0.05) is 29.8 Å². The second-order valence-corrected chi connectivity index (χ2v) is 8.24. The zero-order valence-electron chi connectivity index (χ0n) is 18.3. The van der Waals surface area contributed by atoms with Crippen molar-refractivity contribution in [2.45, 2.75) is 31.5 Å². The van der Waals surface area contributed by atoms with Crippen LogP contribution in [-0.4, -0.2) is 29.7 Å². The molecule has 2 unspecified atom stereocenters. The van der Waals surface area contributed by atoms with Crippen LogP contribution in [0.15, 0.2) is 79.0 Å². The number of aromatic nitrogens is 2. The number of nitrogens with zero attached hydrogens (tertiary/aromatic N) is 2. The minimum absolute atomic E-state index is 0.311. The molecular formula is C27H28N4O. The molecule has 1 aliphatic rings. The average molecular weight is 425 g/mol. The van der Waals surface area contributed by atoms with E-state index in [2.05, 4.69) is 58.1 Å². The van der Waals surface area contributed by atoms with E-state index >= 15 is 0 Å². The zero-order chi connectivity index (χ0) is 21.8. The van der Waals surface area contributed by atoms with Gasteiger partial charge in [-0.3, -0.25) is 4.98 Å². The molecule has 2 N–H and O–H groups in total. The molecule has 1 saturated heterocycles. The Morgan fingerprint density at radius 3 is 2.66 bits per heavy atom. The normalized spacial score (nSPS) is 18.5. The van der Waals surface area contributed by atoms with Gasteiger partial charge in [-0.25, -0.2) is 4.98 Å². The molecule has 1 aliphatic heterocycles. The Morgan fingerprint density at radius 2 is 1.81 bits per heavy atom. The highest BCUT2D eigenvalue weighted by Gasteiger charge is 2.25. The lowest BCUT2D eigenvalue weighted by Gasteiger charge is -2.34. The molecule has 0 bridgehead atoms. The molecule has 1 aromatic heterocycles. The lowest BCUT2D eigenvalue weighted by molar-refractivity contribution is 0.303. The predicted molar refractivity (Wildman–Crippen MR) is 129 cm³/mol. The Bertz CT molecular complexity index is 1190. The second kappa shape index (κ2) is 9.47. The van der Waals surface area contributed by atoms with Crippen LogP contribution in [0.25, 0.3) is 22.3 Å². The number of hydrogen-bond acceptors (Lipinski definition) is 5. The van der Waals surface area contributed by atoms with Gasteiger partial charge in [0.25, 0.3) is 0 Å². The molecule has 0 saturated carbocycles. The maximum absolute atomic E-state index is 5.67. The molecule has 32 heavy (non-hydrogen) atoms. The van der Waals surface area contributed by atoms with Gasteiger partial charge < -0.3 is 15.4 Å². The molecule has 0 amide bonds. The number of piperidine rings is 1. The molecule has 162 valence electrons. The number of para-hydroxylation sites is 2. The summed E-state index contributed by atoms with van der Waals surface area (Å²) in [4.78, 5) is 9.39. The van der Waals surface area contributed by atoms with E-state index in [0.717, 1.165) is 53.1 Å². The number of nitrogens with one attached hydrogen (secondary N) is 2. The number of ether oxygens (including phenoxy) is 1. The van der Waals surface area contributed by atoms with Crippen LogP contribution >= 0.6 is 0 Å². The highest BCUT2D eigenvalue weighted by molar-refractivity contribution is 5.77. The van der Waals surface area contributed by atoms with Crippen molar-refractivity contribution in [1.82, 2.24) is 20.6 Å². The minimum Gasteiger partial charge on any atom is -0.496 e. The third-order valence-electron chi connectivity index (χ3n) is 6.20. The van der Waals surface area contributed by atoms with Crippen LogP contribution in [-0.2, 0) is 6.54 Å². The fourth-order valence-electron chi connectivity index (χ4n) is 4.53. The molecule has 2 heterocycles. The summed E-state index contributed by atoms with van der Waals surface area (Å²) in [6.07, 6.45) is 4.16. The minimum atomic E-state index is 0.311. The highest BCUT2D eigenvalue weighted by Crippen LogP contribution is 2.28. The SMILES string of the molecule is COc1ccc(-c2cnc3ccccc3n2)cc1CNC1CCCNC1c1ccccc1. The third kappa shape index (κ3) is 4.35. The first kappa shape index (κ1) is 20.6. The van der Waals surface area contributed by atoms with E-state index in [1.54, 1.807) is 7.11 Å². The van der Waals surface area contributed by atoms with Crippen LogP contribution in [0.1, 0.15) is 30.0 Å². The third-order valence-corrected chi connectivity index (χ3v) is 6.20. The quantitative estimate of drug-likeness (QED) is 0.462. The molecule has 4 aromatic rings. The van der Waals surface area contributed by atoms with Crippen LogP contribution in [0, 0.1) is 0 Å². The molecule has 5 heteroatoms. The summed E-state index contributed by atoms with van der Waals surface area (Å²) in [6, 6.07) is 25.6. The molecule has 0 aliphatic carbocycles. The Kier molecular flexibility index (Phi) is 6.10. The maximum atomic E-state index is 5.67. The first-order valence-corrected chi connectivity index (χ1v) is 11.2. The number of benzene rings is 3. The topological polar surface area (TPSA) is 59.1 Å². The second-order valence-electron chi connectivity index (χ2n) is 8.24. The molecular weight excluding hydrogens is 396 g/mol. The van der Waals surface area contributed by atoms with E-state index < -0.39 is 0 Å². The molecule has 1 fully saturated rings. The molecule has 0 spiro atoms. The Labute approximate surface area is 188 Å². The van der Waals surface area contributed by atoms with Crippen molar-refractivity contribution in [1.29, 1.82) is 0 Å². The molecule has 0 radical (unpaired) electrons. The van der Waals surface area contributed by atoms with Gasteiger partial charge in [-0.05, 0) is 55.3 Å². The highest BCUT2D eigenvalue weighted by atomic mass is 16.5. The van der Waals surface area contributed by atoms with E-state index in [0.29, 0.717) is 12.1 Å². The van der Waals surface area contributed by atoms with E-state index in [1.165, 1.54) is 12.0 Å². The predicted octanol–water partition coefficient (Wildman–Crippen LogP) is 4.89. The standard InChI is InChI=1S/C27H28N4O/c1-32-26-14-13-20(25-18-30-22-10-5-6-11-23(22)31-25)16-21(26)17-29-24-12-7-15-28-27(24)19-8-3-2-4-9-19/h2-6,8-11,13-14,16,18,24,27-29H,7,12,15,17H2,1H3. The van der Waals surface area contributed by atoms with Crippen molar-refractivity contribution >= 4 is 11.0 Å². The van der Waals surface area contributed by atoms with Crippen molar-refractivity contribution in [3.05, 3.63) is 90.1 Å². The van der Waals surface area contributed by atoms with Crippen molar-refractivity contribution in [3.8, 4) is 17.0 Å². The fraction of sp³-hybridized carbons (Fsp3) is 0.259. The summed E-state index contributed by atoms with van der Waals surface area (Å²) < 4.78 is 5.67. The smallest absolute Gasteiger partial charge is 0.123 e. The van der Waals surface area contributed by atoms with Crippen molar-refractivity contribution < 1.29 is 4.74 Å². The lowest BCUT2D eigenvalue weighted by Crippen LogP contribution is -2.45. The summed E-state index contributed by atoms with van der Waals surface area (Å²) in [5.41, 5.74) is 6.17. The summed E-state index contributed by atoms with van der Waals surface area (Å²) in [6.45, 7) is 1.78. The fourth-order valence-corrected chi connectivity index (χ4v) is 4.53. The largest absolute Gasteiger partial charge is 0.496 e. The lowest BCUT2D eigenvalue weighted by atomic mass is 9.92. The van der Waals surface area contributed by atoms with Gasteiger partial charge >= 0.3 is 0 Å².